The number of hydrogen-bond acceptors (Lipinski definition) is 5. The Morgan fingerprint density at radius 3 is 2.09 bits per heavy atom. The summed E-state index contributed by atoms with van der Waals surface area (Å²) < 4.78 is 10.3. The van der Waals surface area contributed by atoms with Crippen LogP contribution in [0, 0.1) is 11.8 Å². The SMILES string of the molecule is CCCCCCCCOC(=O)C1CCCC(C(=O)OCCO)C1. The van der Waals surface area contributed by atoms with Gasteiger partial charge in [-0.2, -0.15) is 0 Å². The van der Waals surface area contributed by atoms with Crippen LogP contribution in [0.3, 0.4) is 0 Å². The van der Waals surface area contributed by atoms with Crippen LogP contribution in [-0.2, 0) is 19.1 Å². The summed E-state index contributed by atoms with van der Waals surface area (Å²) in [5.74, 6) is -0.886. The lowest BCUT2D eigenvalue weighted by molar-refractivity contribution is -0.155. The molecule has 0 aliphatic heterocycles. The highest BCUT2D eigenvalue weighted by Gasteiger charge is 2.32. The number of rotatable bonds is 11. The molecule has 2 unspecified atom stereocenters. The minimum absolute atomic E-state index is 0.0302. The van der Waals surface area contributed by atoms with E-state index in [0.29, 0.717) is 13.0 Å². The summed E-state index contributed by atoms with van der Waals surface area (Å²) in [5.41, 5.74) is 0. The van der Waals surface area contributed by atoms with Crippen molar-refractivity contribution in [2.45, 2.75) is 71.1 Å². The molecule has 5 nitrogen and oxygen atoms in total. The van der Waals surface area contributed by atoms with Gasteiger partial charge in [0.05, 0.1) is 25.0 Å². The number of aliphatic hydroxyl groups is 1. The predicted octanol–water partition coefficient (Wildman–Crippen LogP) is 3.23. The molecule has 0 radical (unpaired) electrons. The van der Waals surface area contributed by atoms with Crippen molar-refractivity contribution < 1.29 is 24.2 Å². The lowest BCUT2D eigenvalue weighted by Crippen LogP contribution is -2.30. The lowest BCUT2D eigenvalue weighted by Gasteiger charge is -2.26. The van der Waals surface area contributed by atoms with Crippen LogP contribution in [0.2, 0.25) is 0 Å². The van der Waals surface area contributed by atoms with E-state index in [2.05, 4.69) is 6.92 Å². The molecule has 0 aromatic carbocycles. The van der Waals surface area contributed by atoms with Crippen LogP contribution in [0.15, 0.2) is 0 Å². The van der Waals surface area contributed by atoms with E-state index in [1.54, 1.807) is 0 Å². The van der Waals surface area contributed by atoms with Crippen LogP contribution in [0.25, 0.3) is 0 Å². The van der Waals surface area contributed by atoms with Gasteiger partial charge in [0, 0.05) is 0 Å². The van der Waals surface area contributed by atoms with Crippen molar-refractivity contribution in [3.63, 3.8) is 0 Å². The zero-order valence-corrected chi connectivity index (χ0v) is 14.4. The van der Waals surface area contributed by atoms with E-state index in [9.17, 15) is 9.59 Å². The molecule has 0 bridgehead atoms. The van der Waals surface area contributed by atoms with Gasteiger partial charge in [-0.05, 0) is 25.7 Å². The van der Waals surface area contributed by atoms with Crippen molar-refractivity contribution in [3.05, 3.63) is 0 Å². The molecule has 0 aromatic heterocycles. The number of aliphatic hydroxyl groups excluding tert-OH is 1. The molecule has 1 N–H and O–H groups in total. The third-order valence-electron chi connectivity index (χ3n) is 4.42. The largest absolute Gasteiger partial charge is 0.465 e. The van der Waals surface area contributed by atoms with Crippen molar-refractivity contribution in [1.29, 1.82) is 0 Å². The summed E-state index contributed by atoms with van der Waals surface area (Å²) in [6, 6.07) is 0. The molecular weight excluding hydrogens is 296 g/mol. The van der Waals surface area contributed by atoms with Crippen LogP contribution < -0.4 is 0 Å². The van der Waals surface area contributed by atoms with Gasteiger partial charge in [-0.1, -0.05) is 45.4 Å². The van der Waals surface area contributed by atoms with E-state index >= 15 is 0 Å². The van der Waals surface area contributed by atoms with Gasteiger partial charge in [-0.25, -0.2) is 0 Å². The quantitative estimate of drug-likeness (QED) is 0.465. The summed E-state index contributed by atoms with van der Waals surface area (Å²) in [7, 11) is 0. The van der Waals surface area contributed by atoms with E-state index in [1.807, 2.05) is 0 Å². The highest BCUT2D eigenvalue weighted by Crippen LogP contribution is 2.30. The van der Waals surface area contributed by atoms with Gasteiger partial charge in [0.2, 0.25) is 0 Å². The van der Waals surface area contributed by atoms with Crippen molar-refractivity contribution >= 4 is 11.9 Å². The second-order valence-electron chi connectivity index (χ2n) is 6.39. The molecule has 0 aromatic rings. The summed E-state index contributed by atoms with van der Waals surface area (Å²) >= 11 is 0. The Hall–Kier alpha value is -1.10. The van der Waals surface area contributed by atoms with Crippen molar-refractivity contribution in [3.8, 4) is 0 Å². The molecule has 1 aliphatic rings. The zero-order chi connectivity index (χ0) is 16.9. The second kappa shape index (κ2) is 12.3. The maximum absolute atomic E-state index is 12.1. The molecule has 5 heteroatoms. The fraction of sp³-hybridized carbons (Fsp3) is 0.889. The molecule has 134 valence electrons. The standard InChI is InChI=1S/C18H32O5/c1-2-3-4-5-6-7-12-22-17(20)15-9-8-10-16(14-15)18(21)23-13-11-19/h15-16,19H,2-14H2,1H3. The molecule has 1 fully saturated rings. The molecule has 1 aliphatic carbocycles. The van der Waals surface area contributed by atoms with Crippen molar-refractivity contribution in [2.24, 2.45) is 11.8 Å². The zero-order valence-electron chi connectivity index (χ0n) is 14.4. The second-order valence-corrected chi connectivity index (χ2v) is 6.39. The smallest absolute Gasteiger partial charge is 0.309 e. The predicted molar refractivity (Wildman–Crippen MR) is 87.8 cm³/mol. The van der Waals surface area contributed by atoms with E-state index < -0.39 is 0 Å². The van der Waals surface area contributed by atoms with E-state index in [4.69, 9.17) is 14.6 Å². The number of carbonyl (C=O) groups is 2. The Bertz CT molecular complexity index is 342. The lowest BCUT2D eigenvalue weighted by atomic mass is 9.81. The van der Waals surface area contributed by atoms with Crippen molar-refractivity contribution in [1.82, 2.24) is 0 Å². The van der Waals surface area contributed by atoms with E-state index in [-0.39, 0.29) is 37.0 Å². The normalized spacial score (nSPS) is 21.0. The Balaban J connectivity index is 2.18. The summed E-state index contributed by atoms with van der Waals surface area (Å²) in [6.07, 6.45) is 9.89. The fourth-order valence-corrected chi connectivity index (χ4v) is 3.06. The number of hydrogen-bond donors (Lipinski definition) is 1. The molecule has 2 atom stereocenters. The number of carbonyl (C=O) groups excluding carboxylic acids is 2. The van der Waals surface area contributed by atoms with E-state index in [1.165, 1.54) is 25.7 Å². The summed E-state index contributed by atoms with van der Waals surface area (Å²) in [4.78, 5) is 23.9. The molecule has 0 saturated heterocycles. The molecule has 0 spiro atoms. The third kappa shape index (κ3) is 8.35. The number of ether oxygens (including phenoxy) is 2. The minimum atomic E-state index is -0.299. The average Bonchev–Trinajstić information content (AvgIpc) is 2.58. The summed E-state index contributed by atoms with van der Waals surface area (Å²) in [6.45, 7) is 2.55. The number of unbranched alkanes of at least 4 members (excludes halogenated alkanes) is 5. The van der Waals surface area contributed by atoms with Gasteiger partial charge < -0.3 is 14.6 Å². The van der Waals surface area contributed by atoms with Gasteiger partial charge in [-0.3, -0.25) is 9.59 Å². The Labute approximate surface area is 139 Å². The van der Waals surface area contributed by atoms with Gasteiger partial charge >= 0.3 is 11.9 Å². The van der Waals surface area contributed by atoms with Crippen LogP contribution in [0.5, 0.6) is 0 Å². The first-order valence-electron chi connectivity index (χ1n) is 9.13. The van der Waals surface area contributed by atoms with Crippen LogP contribution >= 0.6 is 0 Å². The third-order valence-corrected chi connectivity index (χ3v) is 4.42. The van der Waals surface area contributed by atoms with Crippen molar-refractivity contribution in [2.75, 3.05) is 19.8 Å². The maximum Gasteiger partial charge on any atom is 0.309 e. The first kappa shape index (κ1) is 19.9. The molecule has 23 heavy (non-hydrogen) atoms. The minimum Gasteiger partial charge on any atom is -0.465 e. The summed E-state index contributed by atoms with van der Waals surface area (Å²) in [5, 5.41) is 8.69. The Morgan fingerprint density at radius 1 is 0.913 bits per heavy atom. The van der Waals surface area contributed by atoms with Crippen LogP contribution in [0.1, 0.15) is 71.1 Å². The monoisotopic (exact) mass is 328 g/mol. The highest BCUT2D eigenvalue weighted by atomic mass is 16.5. The van der Waals surface area contributed by atoms with Crippen LogP contribution in [-0.4, -0.2) is 36.9 Å². The average molecular weight is 328 g/mol. The Morgan fingerprint density at radius 2 is 1.48 bits per heavy atom. The van der Waals surface area contributed by atoms with Gasteiger partial charge in [-0.15, -0.1) is 0 Å². The molecular formula is C18H32O5. The molecule has 0 heterocycles. The van der Waals surface area contributed by atoms with Gasteiger partial charge in [0.1, 0.15) is 6.61 Å². The number of esters is 2. The van der Waals surface area contributed by atoms with E-state index in [0.717, 1.165) is 32.1 Å². The Kier molecular flexibility index (Phi) is 10.7. The fourth-order valence-electron chi connectivity index (χ4n) is 3.06. The topological polar surface area (TPSA) is 72.8 Å². The maximum atomic E-state index is 12.1. The molecule has 0 amide bonds. The van der Waals surface area contributed by atoms with Crippen LogP contribution in [0.4, 0.5) is 0 Å². The highest BCUT2D eigenvalue weighted by molar-refractivity contribution is 5.76. The molecule has 1 saturated carbocycles. The van der Waals surface area contributed by atoms with Gasteiger partial charge in [0.15, 0.2) is 0 Å². The first-order valence-corrected chi connectivity index (χ1v) is 9.13. The first-order chi connectivity index (χ1) is 11.2. The molecule has 1 rings (SSSR count). The van der Waals surface area contributed by atoms with Gasteiger partial charge in [0.25, 0.3) is 0 Å².